The Morgan fingerprint density at radius 3 is 2.58 bits per heavy atom. The van der Waals surface area contributed by atoms with Crippen LogP contribution in [0, 0.1) is 5.92 Å². The summed E-state index contributed by atoms with van der Waals surface area (Å²) in [5.74, 6) is 3.34. The van der Waals surface area contributed by atoms with Gasteiger partial charge in [0, 0.05) is 44.6 Å². The highest BCUT2D eigenvalue weighted by molar-refractivity contribution is 5.80. The monoisotopic (exact) mass is 364 g/mol. The van der Waals surface area contributed by atoms with E-state index in [0.717, 1.165) is 37.3 Å². The Morgan fingerprint density at radius 1 is 1.27 bits per heavy atom. The van der Waals surface area contributed by atoms with Crippen LogP contribution < -0.4 is 10.6 Å². The van der Waals surface area contributed by atoms with Crippen molar-refractivity contribution in [3.05, 3.63) is 11.7 Å². The number of aliphatic imine (C=N–C) groups is 1. The fraction of sp³-hybridized carbons (Fsp3) is 0.842. The van der Waals surface area contributed by atoms with Crippen molar-refractivity contribution < 1.29 is 4.52 Å². The molecule has 1 saturated heterocycles. The molecule has 2 N–H and O–H groups in total. The van der Waals surface area contributed by atoms with Gasteiger partial charge >= 0.3 is 0 Å². The molecule has 2 rings (SSSR count). The van der Waals surface area contributed by atoms with Crippen LogP contribution in [0.15, 0.2) is 9.52 Å². The molecule has 1 aromatic heterocycles. The number of nitrogens with zero attached hydrogens (tertiary/aromatic N) is 4. The lowest BCUT2D eigenvalue weighted by Crippen LogP contribution is -2.49. The van der Waals surface area contributed by atoms with Crippen LogP contribution in [-0.4, -0.2) is 59.8 Å². The molecule has 7 nitrogen and oxygen atoms in total. The minimum Gasteiger partial charge on any atom is -0.357 e. The van der Waals surface area contributed by atoms with Crippen molar-refractivity contribution in [1.29, 1.82) is 0 Å². The van der Waals surface area contributed by atoms with E-state index in [-0.39, 0.29) is 5.92 Å². The zero-order valence-electron chi connectivity index (χ0n) is 17.1. The molecule has 7 heteroatoms. The summed E-state index contributed by atoms with van der Waals surface area (Å²) in [6, 6.07) is 0.493. The lowest BCUT2D eigenvalue weighted by molar-refractivity contribution is 0.187. The van der Waals surface area contributed by atoms with E-state index in [4.69, 9.17) is 4.52 Å². The third-order valence-corrected chi connectivity index (χ3v) is 4.49. The average Bonchev–Trinajstić information content (AvgIpc) is 3.05. The average molecular weight is 365 g/mol. The zero-order chi connectivity index (χ0) is 18.9. The van der Waals surface area contributed by atoms with E-state index < -0.39 is 0 Å². The molecule has 26 heavy (non-hydrogen) atoms. The number of aromatic nitrogens is 2. The first-order valence-electron chi connectivity index (χ1n) is 10.1. The SMILES string of the molecule is CCNC(=NCCc1nc(C(C)C)no1)NC1CCN(CC(C)C)CC1. The molecule has 0 saturated carbocycles. The van der Waals surface area contributed by atoms with Crippen molar-refractivity contribution in [3.63, 3.8) is 0 Å². The van der Waals surface area contributed by atoms with E-state index in [1.807, 2.05) is 0 Å². The van der Waals surface area contributed by atoms with Gasteiger partial charge in [0.25, 0.3) is 0 Å². The molecule has 2 heterocycles. The maximum atomic E-state index is 5.28. The van der Waals surface area contributed by atoms with Gasteiger partial charge in [-0.25, -0.2) is 0 Å². The van der Waals surface area contributed by atoms with Crippen LogP contribution in [0.5, 0.6) is 0 Å². The van der Waals surface area contributed by atoms with Gasteiger partial charge in [0.05, 0.1) is 6.54 Å². The lowest BCUT2D eigenvalue weighted by Gasteiger charge is -2.34. The summed E-state index contributed by atoms with van der Waals surface area (Å²) in [6.07, 6.45) is 3.00. The molecule has 148 valence electrons. The number of rotatable bonds is 8. The van der Waals surface area contributed by atoms with Gasteiger partial charge in [-0.05, 0) is 25.7 Å². The van der Waals surface area contributed by atoms with Crippen LogP contribution in [0.2, 0.25) is 0 Å². The molecule has 1 aliphatic rings. The first-order valence-corrected chi connectivity index (χ1v) is 10.1. The second-order valence-corrected chi connectivity index (χ2v) is 7.82. The minimum atomic E-state index is 0.288. The van der Waals surface area contributed by atoms with Gasteiger partial charge in [-0.15, -0.1) is 0 Å². The number of hydrogen-bond acceptors (Lipinski definition) is 5. The molecule has 0 bridgehead atoms. The molecule has 1 aliphatic heterocycles. The van der Waals surface area contributed by atoms with Crippen LogP contribution in [-0.2, 0) is 6.42 Å². The van der Waals surface area contributed by atoms with Crippen LogP contribution in [0.3, 0.4) is 0 Å². The molecular weight excluding hydrogens is 328 g/mol. The summed E-state index contributed by atoms with van der Waals surface area (Å²) in [7, 11) is 0. The van der Waals surface area contributed by atoms with Crippen molar-refractivity contribution in [2.24, 2.45) is 10.9 Å². The third-order valence-electron chi connectivity index (χ3n) is 4.49. The smallest absolute Gasteiger partial charge is 0.228 e. The fourth-order valence-electron chi connectivity index (χ4n) is 3.16. The Labute approximate surface area is 158 Å². The standard InChI is InChI=1S/C19H36N6O/c1-6-20-19(21-10-7-17-23-18(15(4)5)24-26-17)22-16-8-11-25(12-9-16)13-14(2)3/h14-16H,6-13H2,1-5H3,(H2,20,21,22). The van der Waals surface area contributed by atoms with Crippen LogP contribution in [0.4, 0.5) is 0 Å². The van der Waals surface area contributed by atoms with Crippen LogP contribution in [0.25, 0.3) is 0 Å². The van der Waals surface area contributed by atoms with Gasteiger partial charge in [0.15, 0.2) is 11.8 Å². The predicted octanol–water partition coefficient (Wildman–Crippen LogP) is 2.41. The highest BCUT2D eigenvalue weighted by Gasteiger charge is 2.20. The largest absolute Gasteiger partial charge is 0.357 e. The Bertz CT molecular complexity index is 546. The molecule has 1 aromatic rings. The highest BCUT2D eigenvalue weighted by atomic mass is 16.5. The molecular formula is C19H36N6O. The van der Waals surface area contributed by atoms with E-state index in [1.165, 1.54) is 19.4 Å². The Morgan fingerprint density at radius 2 is 2.00 bits per heavy atom. The lowest BCUT2D eigenvalue weighted by atomic mass is 10.0. The molecule has 0 aliphatic carbocycles. The summed E-state index contributed by atoms with van der Waals surface area (Å²) in [4.78, 5) is 11.6. The maximum Gasteiger partial charge on any atom is 0.228 e. The van der Waals surface area contributed by atoms with E-state index in [2.05, 4.69) is 65.3 Å². The first kappa shape index (κ1) is 20.7. The maximum absolute atomic E-state index is 5.28. The van der Waals surface area contributed by atoms with Gasteiger partial charge in [0.2, 0.25) is 5.89 Å². The molecule has 0 radical (unpaired) electrons. The van der Waals surface area contributed by atoms with Crippen molar-refractivity contribution in [3.8, 4) is 0 Å². The predicted molar refractivity (Wildman–Crippen MR) is 106 cm³/mol. The zero-order valence-corrected chi connectivity index (χ0v) is 17.1. The number of piperidine rings is 1. The van der Waals surface area contributed by atoms with Crippen LogP contribution in [0.1, 0.15) is 65.1 Å². The van der Waals surface area contributed by atoms with E-state index in [9.17, 15) is 0 Å². The second kappa shape index (κ2) is 10.5. The molecule has 0 atom stereocenters. The van der Waals surface area contributed by atoms with Gasteiger partial charge in [-0.2, -0.15) is 4.98 Å². The van der Waals surface area contributed by atoms with Crippen molar-refractivity contribution in [2.75, 3.05) is 32.7 Å². The molecule has 0 unspecified atom stereocenters. The first-order chi connectivity index (χ1) is 12.5. The molecule has 0 amide bonds. The molecule has 0 spiro atoms. The minimum absolute atomic E-state index is 0.288. The molecule has 0 aromatic carbocycles. The Hall–Kier alpha value is -1.63. The number of nitrogens with one attached hydrogen (secondary N) is 2. The number of likely N-dealkylation sites (tertiary alicyclic amines) is 1. The fourth-order valence-corrected chi connectivity index (χ4v) is 3.16. The normalized spacial score (nSPS) is 17.3. The second-order valence-electron chi connectivity index (χ2n) is 7.82. The van der Waals surface area contributed by atoms with Crippen molar-refractivity contribution >= 4 is 5.96 Å². The highest BCUT2D eigenvalue weighted by Crippen LogP contribution is 2.12. The number of hydrogen-bond donors (Lipinski definition) is 2. The van der Waals surface area contributed by atoms with E-state index >= 15 is 0 Å². The van der Waals surface area contributed by atoms with E-state index in [1.54, 1.807) is 0 Å². The van der Waals surface area contributed by atoms with Crippen molar-refractivity contribution in [1.82, 2.24) is 25.7 Å². The third kappa shape index (κ3) is 6.94. The Balaban J connectivity index is 1.79. The molecule has 1 fully saturated rings. The summed E-state index contributed by atoms with van der Waals surface area (Å²) < 4.78 is 5.28. The van der Waals surface area contributed by atoms with Gasteiger partial charge in [0.1, 0.15) is 0 Å². The number of guanidine groups is 1. The van der Waals surface area contributed by atoms with Gasteiger partial charge < -0.3 is 20.1 Å². The topological polar surface area (TPSA) is 78.6 Å². The van der Waals surface area contributed by atoms with Gasteiger partial charge in [-0.1, -0.05) is 32.9 Å². The summed E-state index contributed by atoms with van der Waals surface area (Å²) in [5, 5.41) is 10.9. The van der Waals surface area contributed by atoms with Crippen LogP contribution >= 0.6 is 0 Å². The summed E-state index contributed by atoms with van der Waals surface area (Å²) in [6.45, 7) is 15.8. The van der Waals surface area contributed by atoms with Gasteiger partial charge in [-0.3, -0.25) is 4.99 Å². The van der Waals surface area contributed by atoms with Crippen molar-refractivity contribution in [2.45, 2.75) is 65.8 Å². The summed E-state index contributed by atoms with van der Waals surface area (Å²) >= 11 is 0. The Kier molecular flexibility index (Phi) is 8.35. The van der Waals surface area contributed by atoms with E-state index in [0.29, 0.717) is 24.9 Å². The quantitative estimate of drug-likeness (QED) is 0.545. The summed E-state index contributed by atoms with van der Waals surface area (Å²) in [5.41, 5.74) is 0.